The second kappa shape index (κ2) is 13.0. The molecule has 0 saturated carbocycles. The van der Waals surface area contributed by atoms with E-state index in [1.807, 2.05) is 85.7 Å². The SMILES string of the molecule is CN(C)CCN(Cc1ccccc1)C(=O)Cc1ccc(/C=N/NC(=O)c2ccc(O)c(Cl)c2)c2ccccc12. The number of carbonyl (C=O) groups excluding carboxylic acids is 2. The molecule has 0 spiro atoms. The van der Waals surface area contributed by atoms with Gasteiger partial charge < -0.3 is 14.9 Å². The summed E-state index contributed by atoms with van der Waals surface area (Å²) >= 11 is 5.90. The van der Waals surface area contributed by atoms with E-state index in [9.17, 15) is 14.7 Å². The van der Waals surface area contributed by atoms with Crippen molar-refractivity contribution in [2.75, 3.05) is 27.2 Å². The molecule has 200 valence electrons. The van der Waals surface area contributed by atoms with Crippen molar-refractivity contribution in [3.05, 3.63) is 112 Å². The van der Waals surface area contributed by atoms with E-state index in [4.69, 9.17) is 11.6 Å². The van der Waals surface area contributed by atoms with Gasteiger partial charge in [0.05, 0.1) is 17.7 Å². The molecular formula is C31H31ClN4O3. The fraction of sp³-hybridized carbons (Fsp3) is 0.194. The molecule has 2 amide bonds. The number of hydrogen-bond acceptors (Lipinski definition) is 5. The quantitative estimate of drug-likeness (QED) is 0.216. The Kier molecular flexibility index (Phi) is 9.31. The second-order valence-corrected chi connectivity index (χ2v) is 9.91. The summed E-state index contributed by atoms with van der Waals surface area (Å²) in [5.41, 5.74) is 5.60. The smallest absolute Gasteiger partial charge is 0.271 e. The minimum absolute atomic E-state index is 0.0621. The van der Waals surface area contributed by atoms with Gasteiger partial charge in [0.15, 0.2) is 0 Å². The van der Waals surface area contributed by atoms with Crippen LogP contribution in [0.3, 0.4) is 0 Å². The summed E-state index contributed by atoms with van der Waals surface area (Å²) in [4.78, 5) is 29.9. The maximum atomic E-state index is 13.5. The summed E-state index contributed by atoms with van der Waals surface area (Å²) in [7, 11) is 4.00. The Labute approximate surface area is 233 Å². The number of phenolic OH excluding ortho intramolecular Hbond substituents is 1. The van der Waals surface area contributed by atoms with E-state index in [1.54, 1.807) is 6.21 Å². The number of rotatable bonds is 10. The number of nitrogens with one attached hydrogen (secondary N) is 1. The molecule has 0 aliphatic carbocycles. The Morgan fingerprint density at radius 2 is 1.64 bits per heavy atom. The molecule has 8 heteroatoms. The van der Waals surface area contributed by atoms with Crippen LogP contribution in [0, 0.1) is 0 Å². The van der Waals surface area contributed by atoms with Gasteiger partial charge >= 0.3 is 0 Å². The van der Waals surface area contributed by atoms with Crippen molar-refractivity contribution in [2.24, 2.45) is 5.10 Å². The molecule has 4 aromatic carbocycles. The molecule has 4 rings (SSSR count). The largest absolute Gasteiger partial charge is 0.506 e. The number of aromatic hydroxyl groups is 1. The number of hydrogen-bond donors (Lipinski definition) is 2. The van der Waals surface area contributed by atoms with Crippen molar-refractivity contribution >= 4 is 40.4 Å². The summed E-state index contributed by atoms with van der Waals surface area (Å²) in [6.07, 6.45) is 1.85. The molecule has 0 radical (unpaired) electrons. The summed E-state index contributed by atoms with van der Waals surface area (Å²) in [5.74, 6) is -0.481. The van der Waals surface area contributed by atoms with Crippen LogP contribution in [-0.2, 0) is 17.8 Å². The molecule has 0 aliphatic rings. The van der Waals surface area contributed by atoms with Gasteiger partial charge in [0.25, 0.3) is 5.91 Å². The van der Waals surface area contributed by atoms with Gasteiger partial charge in [-0.3, -0.25) is 9.59 Å². The van der Waals surface area contributed by atoms with E-state index in [1.165, 1.54) is 18.2 Å². The third kappa shape index (κ3) is 7.44. The average Bonchev–Trinajstić information content (AvgIpc) is 2.94. The number of carbonyl (C=O) groups is 2. The summed E-state index contributed by atoms with van der Waals surface area (Å²) in [6, 6.07) is 25.9. The van der Waals surface area contributed by atoms with Crippen LogP contribution in [0.4, 0.5) is 0 Å². The molecule has 0 atom stereocenters. The Balaban J connectivity index is 1.52. The van der Waals surface area contributed by atoms with E-state index in [2.05, 4.69) is 15.4 Å². The molecule has 0 aromatic heterocycles. The highest BCUT2D eigenvalue weighted by molar-refractivity contribution is 6.32. The fourth-order valence-electron chi connectivity index (χ4n) is 4.22. The zero-order chi connectivity index (χ0) is 27.8. The lowest BCUT2D eigenvalue weighted by Gasteiger charge is -2.25. The Hall–Kier alpha value is -4.20. The molecule has 0 aliphatic heterocycles. The van der Waals surface area contributed by atoms with Crippen LogP contribution >= 0.6 is 11.6 Å². The maximum absolute atomic E-state index is 13.5. The van der Waals surface area contributed by atoms with Gasteiger partial charge in [-0.25, -0.2) is 5.43 Å². The summed E-state index contributed by atoms with van der Waals surface area (Å²) in [6.45, 7) is 1.97. The molecule has 39 heavy (non-hydrogen) atoms. The van der Waals surface area contributed by atoms with Crippen LogP contribution in [0.25, 0.3) is 10.8 Å². The van der Waals surface area contributed by atoms with E-state index in [-0.39, 0.29) is 28.7 Å². The molecule has 7 nitrogen and oxygen atoms in total. The van der Waals surface area contributed by atoms with Crippen molar-refractivity contribution in [3.63, 3.8) is 0 Å². The van der Waals surface area contributed by atoms with Gasteiger partial charge in [-0.05, 0) is 54.2 Å². The predicted molar refractivity (Wildman–Crippen MR) is 156 cm³/mol. The predicted octanol–water partition coefficient (Wildman–Crippen LogP) is 5.10. The zero-order valence-corrected chi connectivity index (χ0v) is 22.7. The Bertz CT molecular complexity index is 1490. The van der Waals surface area contributed by atoms with E-state index >= 15 is 0 Å². The topological polar surface area (TPSA) is 85.2 Å². The third-order valence-electron chi connectivity index (χ3n) is 6.36. The van der Waals surface area contributed by atoms with Crippen LogP contribution in [0.1, 0.15) is 27.0 Å². The van der Waals surface area contributed by atoms with Gasteiger partial charge in [0.2, 0.25) is 5.91 Å². The number of halogens is 1. The zero-order valence-electron chi connectivity index (χ0n) is 22.0. The Morgan fingerprint density at radius 1 is 0.923 bits per heavy atom. The monoisotopic (exact) mass is 542 g/mol. The average molecular weight is 543 g/mol. The molecule has 4 aromatic rings. The fourth-order valence-corrected chi connectivity index (χ4v) is 4.40. The molecule has 0 bridgehead atoms. The van der Waals surface area contributed by atoms with Gasteiger partial charge in [0, 0.05) is 30.8 Å². The van der Waals surface area contributed by atoms with E-state index in [0.717, 1.165) is 34.0 Å². The van der Waals surface area contributed by atoms with E-state index in [0.29, 0.717) is 13.1 Å². The standard InChI is InChI=1S/C31H31ClN4O3/c1-35(2)16-17-36(21-22-8-4-3-5-9-22)30(38)19-23-12-13-25(27-11-7-6-10-26(23)27)20-33-34-31(39)24-14-15-29(37)28(32)18-24/h3-15,18,20,37H,16-17,19,21H2,1-2H3,(H,34,39)/b33-20+. The number of phenols is 1. The maximum Gasteiger partial charge on any atom is 0.271 e. The minimum Gasteiger partial charge on any atom is -0.506 e. The van der Waals surface area contributed by atoms with Crippen LogP contribution in [-0.4, -0.2) is 60.1 Å². The van der Waals surface area contributed by atoms with Crippen molar-refractivity contribution in [1.29, 1.82) is 0 Å². The lowest BCUT2D eigenvalue weighted by Crippen LogP contribution is -2.37. The van der Waals surface area contributed by atoms with Crippen LogP contribution in [0.2, 0.25) is 5.02 Å². The lowest BCUT2D eigenvalue weighted by atomic mass is 9.97. The molecule has 0 fully saturated rings. The highest BCUT2D eigenvalue weighted by Crippen LogP contribution is 2.24. The molecule has 0 heterocycles. The first kappa shape index (κ1) is 27.8. The normalized spacial score (nSPS) is 11.3. The Morgan fingerprint density at radius 3 is 2.36 bits per heavy atom. The van der Waals surface area contributed by atoms with Crippen LogP contribution in [0.5, 0.6) is 5.75 Å². The third-order valence-corrected chi connectivity index (χ3v) is 6.66. The summed E-state index contributed by atoms with van der Waals surface area (Å²) in [5, 5.41) is 15.6. The number of fused-ring (bicyclic) bond motifs is 1. The first-order valence-corrected chi connectivity index (χ1v) is 13.0. The van der Waals surface area contributed by atoms with Crippen molar-refractivity contribution in [3.8, 4) is 5.75 Å². The van der Waals surface area contributed by atoms with E-state index < -0.39 is 5.91 Å². The summed E-state index contributed by atoms with van der Waals surface area (Å²) < 4.78 is 0. The lowest BCUT2D eigenvalue weighted by molar-refractivity contribution is -0.131. The first-order valence-electron chi connectivity index (χ1n) is 12.6. The number of amides is 2. The highest BCUT2D eigenvalue weighted by Gasteiger charge is 2.17. The molecule has 2 N–H and O–H groups in total. The first-order chi connectivity index (χ1) is 18.8. The van der Waals surface area contributed by atoms with Gasteiger partial charge in [-0.2, -0.15) is 5.10 Å². The number of benzene rings is 4. The van der Waals surface area contributed by atoms with Crippen LogP contribution in [0.15, 0.2) is 90.0 Å². The van der Waals surface area contributed by atoms with Gasteiger partial charge in [-0.15, -0.1) is 0 Å². The highest BCUT2D eigenvalue weighted by atomic mass is 35.5. The number of nitrogens with zero attached hydrogens (tertiary/aromatic N) is 3. The number of hydrazone groups is 1. The molecular weight excluding hydrogens is 512 g/mol. The van der Waals surface area contributed by atoms with Crippen molar-refractivity contribution < 1.29 is 14.7 Å². The molecule has 0 unspecified atom stereocenters. The van der Waals surface area contributed by atoms with Gasteiger partial charge in [-0.1, -0.05) is 78.3 Å². The second-order valence-electron chi connectivity index (χ2n) is 9.51. The molecule has 0 saturated heterocycles. The van der Waals surface area contributed by atoms with Gasteiger partial charge in [0.1, 0.15) is 5.75 Å². The van der Waals surface area contributed by atoms with Crippen LogP contribution < -0.4 is 5.43 Å². The van der Waals surface area contributed by atoms with Crippen molar-refractivity contribution in [2.45, 2.75) is 13.0 Å². The number of likely N-dealkylation sites (N-methyl/N-ethyl adjacent to an activating group) is 1. The minimum atomic E-state index is -0.448. The van der Waals surface area contributed by atoms with Crippen molar-refractivity contribution in [1.82, 2.24) is 15.2 Å².